The second-order valence-corrected chi connectivity index (χ2v) is 9.15. The summed E-state index contributed by atoms with van der Waals surface area (Å²) in [5, 5.41) is 7.71. The Kier molecular flexibility index (Phi) is 7.16. The molecule has 2 aromatic rings. The van der Waals surface area contributed by atoms with Crippen LogP contribution in [0.4, 0.5) is 10.5 Å². The Labute approximate surface area is 194 Å². The molecule has 4 rings (SSSR count). The summed E-state index contributed by atoms with van der Waals surface area (Å²) in [6.07, 6.45) is 4.87. The van der Waals surface area contributed by atoms with E-state index in [1.807, 2.05) is 36.4 Å². The van der Waals surface area contributed by atoms with Crippen LogP contribution in [-0.4, -0.2) is 54.9 Å². The van der Waals surface area contributed by atoms with Crippen LogP contribution in [0.15, 0.2) is 53.6 Å². The van der Waals surface area contributed by atoms with Crippen LogP contribution in [-0.2, 0) is 0 Å². The lowest BCUT2D eigenvalue weighted by Gasteiger charge is -2.28. The SMILES string of the molecule is CN(C(=O)N1CC(CCN2CCCCC2)C(c2ccc(Cl)cc2)=N1)c1ccc(Cl)cc1. The van der Waals surface area contributed by atoms with Gasteiger partial charge in [-0.15, -0.1) is 0 Å². The fourth-order valence-corrected chi connectivity index (χ4v) is 4.53. The predicted molar refractivity (Wildman–Crippen MR) is 128 cm³/mol. The highest BCUT2D eigenvalue weighted by Crippen LogP contribution is 2.27. The van der Waals surface area contributed by atoms with Gasteiger partial charge in [0, 0.05) is 28.7 Å². The number of amides is 2. The van der Waals surface area contributed by atoms with Crippen LogP contribution in [0.1, 0.15) is 31.2 Å². The number of nitrogens with zero attached hydrogens (tertiary/aromatic N) is 4. The first kappa shape index (κ1) is 22.1. The predicted octanol–water partition coefficient (Wildman–Crippen LogP) is 5.76. The first-order valence-corrected chi connectivity index (χ1v) is 11.6. The summed E-state index contributed by atoms with van der Waals surface area (Å²) in [4.78, 5) is 17.3. The van der Waals surface area contributed by atoms with Crippen molar-refractivity contribution in [3.8, 4) is 0 Å². The summed E-state index contributed by atoms with van der Waals surface area (Å²) in [5.41, 5.74) is 2.78. The van der Waals surface area contributed by atoms with E-state index in [2.05, 4.69) is 4.90 Å². The summed E-state index contributed by atoms with van der Waals surface area (Å²) >= 11 is 12.1. The van der Waals surface area contributed by atoms with Gasteiger partial charge in [0.1, 0.15) is 0 Å². The van der Waals surface area contributed by atoms with Crippen molar-refractivity contribution in [1.82, 2.24) is 9.91 Å². The van der Waals surface area contributed by atoms with Crippen LogP contribution in [0.5, 0.6) is 0 Å². The van der Waals surface area contributed by atoms with E-state index >= 15 is 0 Å². The Balaban J connectivity index is 1.51. The molecule has 31 heavy (non-hydrogen) atoms. The van der Waals surface area contributed by atoms with Gasteiger partial charge >= 0.3 is 6.03 Å². The van der Waals surface area contributed by atoms with Gasteiger partial charge in [0.2, 0.25) is 0 Å². The molecule has 0 aromatic heterocycles. The molecular weight excluding hydrogens is 431 g/mol. The minimum Gasteiger partial charge on any atom is -0.303 e. The van der Waals surface area contributed by atoms with Crippen LogP contribution < -0.4 is 4.90 Å². The number of hydrogen-bond donors (Lipinski definition) is 0. The molecule has 0 spiro atoms. The Morgan fingerprint density at radius 2 is 1.61 bits per heavy atom. The quantitative estimate of drug-likeness (QED) is 0.570. The molecule has 1 unspecified atom stereocenters. The number of likely N-dealkylation sites (tertiary alicyclic amines) is 1. The number of benzene rings is 2. The fourth-order valence-electron chi connectivity index (χ4n) is 4.28. The Hall–Kier alpha value is -2.08. The van der Waals surface area contributed by atoms with E-state index in [1.165, 1.54) is 32.4 Å². The lowest BCUT2D eigenvalue weighted by atomic mass is 9.94. The third kappa shape index (κ3) is 5.40. The first-order valence-electron chi connectivity index (χ1n) is 10.9. The van der Waals surface area contributed by atoms with Crippen LogP contribution in [0.3, 0.4) is 0 Å². The molecule has 2 aliphatic heterocycles. The number of carbonyl (C=O) groups excluding carboxylic acids is 1. The smallest absolute Gasteiger partial charge is 0.303 e. The molecule has 2 heterocycles. The van der Waals surface area contributed by atoms with Crippen molar-refractivity contribution in [2.45, 2.75) is 25.7 Å². The number of halogens is 2. The van der Waals surface area contributed by atoms with Crippen LogP contribution >= 0.6 is 23.2 Å². The number of anilines is 1. The van der Waals surface area contributed by atoms with Gasteiger partial charge in [-0.2, -0.15) is 5.10 Å². The van der Waals surface area contributed by atoms with Crippen molar-refractivity contribution in [1.29, 1.82) is 0 Å². The Bertz CT molecular complexity index is 924. The molecule has 5 nitrogen and oxygen atoms in total. The second kappa shape index (κ2) is 10.0. The number of hydrazone groups is 1. The largest absolute Gasteiger partial charge is 0.344 e. The number of hydrogen-bond acceptors (Lipinski definition) is 3. The number of piperidine rings is 1. The Morgan fingerprint density at radius 1 is 1.00 bits per heavy atom. The molecule has 0 saturated carbocycles. The minimum absolute atomic E-state index is 0.144. The summed E-state index contributed by atoms with van der Waals surface area (Å²) < 4.78 is 0. The zero-order valence-electron chi connectivity index (χ0n) is 17.8. The van der Waals surface area contributed by atoms with Crippen LogP contribution in [0.25, 0.3) is 0 Å². The van der Waals surface area contributed by atoms with E-state index in [-0.39, 0.29) is 11.9 Å². The van der Waals surface area contributed by atoms with Crippen molar-refractivity contribution in [2.75, 3.05) is 38.1 Å². The summed E-state index contributed by atoms with van der Waals surface area (Å²) in [5.74, 6) is 0.200. The van der Waals surface area contributed by atoms with Crippen molar-refractivity contribution in [3.05, 3.63) is 64.1 Å². The molecule has 7 heteroatoms. The van der Waals surface area contributed by atoms with E-state index < -0.39 is 0 Å². The molecule has 2 aliphatic rings. The minimum atomic E-state index is -0.144. The fraction of sp³-hybridized carbons (Fsp3) is 0.417. The number of carbonyl (C=O) groups is 1. The summed E-state index contributed by atoms with van der Waals surface area (Å²) in [7, 11) is 1.77. The van der Waals surface area contributed by atoms with Gasteiger partial charge in [0.25, 0.3) is 0 Å². The van der Waals surface area contributed by atoms with E-state index in [9.17, 15) is 4.79 Å². The third-order valence-electron chi connectivity index (χ3n) is 6.11. The summed E-state index contributed by atoms with van der Waals surface area (Å²) in [6, 6.07) is 14.9. The summed E-state index contributed by atoms with van der Waals surface area (Å²) in [6.45, 7) is 3.96. The molecular formula is C24H28Cl2N4O. The van der Waals surface area contributed by atoms with Gasteiger partial charge in [0.05, 0.1) is 12.3 Å². The normalized spacial score (nSPS) is 19.4. The number of urea groups is 1. The van der Waals surface area contributed by atoms with Gasteiger partial charge in [-0.3, -0.25) is 4.90 Å². The van der Waals surface area contributed by atoms with Crippen molar-refractivity contribution in [2.24, 2.45) is 11.0 Å². The second-order valence-electron chi connectivity index (χ2n) is 8.28. The standard InChI is InChI=1S/C24H28Cl2N4O/c1-28(22-11-9-21(26)10-12-22)24(31)30-17-19(13-16-29-14-3-2-4-15-29)23(27-30)18-5-7-20(25)8-6-18/h5-12,19H,2-4,13-17H2,1H3. The van der Waals surface area contributed by atoms with Crippen LogP contribution in [0, 0.1) is 5.92 Å². The van der Waals surface area contributed by atoms with E-state index in [0.29, 0.717) is 16.6 Å². The zero-order valence-corrected chi connectivity index (χ0v) is 19.3. The molecule has 0 aliphatic carbocycles. The highest BCUT2D eigenvalue weighted by molar-refractivity contribution is 6.31. The molecule has 1 fully saturated rings. The highest BCUT2D eigenvalue weighted by atomic mass is 35.5. The van der Waals surface area contributed by atoms with Gasteiger partial charge in [0.15, 0.2) is 0 Å². The molecule has 0 N–H and O–H groups in total. The van der Waals surface area contributed by atoms with Gasteiger partial charge in [-0.25, -0.2) is 9.80 Å². The van der Waals surface area contributed by atoms with Crippen molar-refractivity contribution >= 4 is 40.6 Å². The molecule has 1 saturated heterocycles. The van der Waals surface area contributed by atoms with Crippen molar-refractivity contribution < 1.29 is 4.79 Å². The third-order valence-corrected chi connectivity index (χ3v) is 6.62. The maximum Gasteiger partial charge on any atom is 0.344 e. The average molecular weight is 459 g/mol. The molecule has 1 atom stereocenters. The maximum absolute atomic E-state index is 13.2. The van der Waals surface area contributed by atoms with Crippen molar-refractivity contribution in [3.63, 3.8) is 0 Å². The maximum atomic E-state index is 13.2. The lowest BCUT2D eigenvalue weighted by Crippen LogP contribution is -2.38. The molecule has 2 aromatic carbocycles. The monoisotopic (exact) mass is 458 g/mol. The highest BCUT2D eigenvalue weighted by Gasteiger charge is 2.33. The number of rotatable bonds is 5. The Morgan fingerprint density at radius 3 is 2.26 bits per heavy atom. The molecule has 164 valence electrons. The van der Waals surface area contributed by atoms with E-state index in [0.717, 1.165) is 29.9 Å². The van der Waals surface area contributed by atoms with Gasteiger partial charge < -0.3 is 4.90 Å². The topological polar surface area (TPSA) is 39.2 Å². The molecule has 0 radical (unpaired) electrons. The molecule has 0 bridgehead atoms. The first-order chi connectivity index (χ1) is 15.0. The van der Waals surface area contributed by atoms with Crippen LogP contribution in [0.2, 0.25) is 10.0 Å². The molecule has 2 amide bonds. The zero-order chi connectivity index (χ0) is 21.8. The van der Waals surface area contributed by atoms with E-state index in [4.69, 9.17) is 28.3 Å². The van der Waals surface area contributed by atoms with Gasteiger partial charge in [-0.05, 0) is 80.9 Å². The lowest BCUT2D eigenvalue weighted by molar-refractivity contribution is 0.201. The van der Waals surface area contributed by atoms with E-state index in [1.54, 1.807) is 29.1 Å². The average Bonchev–Trinajstić information content (AvgIpc) is 3.22. The van der Waals surface area contributed by atoms with Gasteiger partial charge in [-0.1, -0.05) is 41.8 Å².